The van der Waals surface area contributed by atoms with Crippen LogP contribution in [-0.2, 0) is 0 Å². The summed E-state index contributed by atoms with van der Waals surface area (Å²) < 4.78 is 13.0. The molecule has 1 fully saturated rings. The van der Waals surface area contributed by atoms with Crippen LogP contribution >= 0.6 is 22.7 Å². The van der Waals surface area contributed by atoms with Crippen molar-refractivity contribution in [1.82, 2.24) is 10.2 Å². The predicted molar refractivity (Wildman–Crippen MR) is 89.6 cm³/mol. The highest BCUT2D eigenvalue weighted by atomic mass is 32.1. The second-order valence-electron chi connectivity index (χ2n) is 5.34. The van der Waals surface area contributed by atoms with Gasteiger partial charge in [-0.3, -0.25) is 10.1 Å². The van der Waals surface area contributed by atoms with Gasteiger partial charge in [-0.05, 0) is 42.7 Å². The van der Waals surface area contributed by atoms with Crippen molar-refractivity contribution in [2.45, 2.75) is 18.8 Å². The van der Waals surface area contributed by atoms with Gasteiger partial charge in [-0.15, -0.1) is 21.5 Å². The number of carbonyl (C=O) groups excluding carboxylic acids is 1. The minimum Gasteiger partial charge on any atom is -0.296 e. The second kappa shape index (κ2) is 5.82. The summed E-state index contributed by atoms with van der Waals surface area (Å²) in [5.41, 5.74) is 0.891. The maximum absolute atomic E-state index is 13.0. The third-order valence-electron chi connectivity index (χ3n) is 3.55. The summed E-state index contributed by atoms with van der Waals surface area (Å²) in [6.07, 6.45) is 2.32. The number of hydrogen-bond acceptors (Lipinski definition) is 5. The fraction of sp³-hybridized carbons (Fsp3) is 0.188. The molecule has 0 bridgehead atoms. The number of nitrogens with one attached hydrogen (secondary N) is 1. The van der Waals surface area contributed by atoms with Gasteiger partial charge in [0.1, 0.15) is 10.8 Å². The van der Waals surface area contributed by atoms with E-state index in [2.05, 4.69) is 15.5 Å². The van der Waals surface area contributed by atoms with E-state index in [9.17, 15) is 9.18 Å². The van der Waals surface area contributed by atoms with Gasteiger partial charge in [-0.1, -0.05) is 23.5 Å². The SMILES string of the molecule is O=C(Nc1nnc(C2CC2)s1)c1ccc(-c2ccc(F)cc2)s1. The Balaban J connectivity index is 1.48. The van der Waals surface area contributed by atoms with Crippen LogP contribution in [0.1, 0.15) is 33.4 Å². The van der Waals surface area contributed by atoms with Gasteiger partial charge in [-0.25, -0.2) is 4.39 Å². The number of halogens is 1. The van der Waals surface area contributed by atoms with E-state index in [-0.39, 0.29) is 11.7 Å². The molecule has 0 spiro atoms. The Hall–Kier alpha value is -2.12. The Kier molecular flexibility index (Phi) is 3.66. The summed E-state index contributed by atoms with van der Waals surface area (Å²) in [5, 5.41) is 12.5. The molecule has 1 amide bonds. The Labute approximate surface area is 140 Å². The average Bonchev–Trinajstić information content (AvgIpc) is 3.10. The van der Waals surface area contributed by atoms with E-state index >= 15 is 0 Å². The molecular weight excluding hydrogens is 333 g/mol. The Morgan fingerprint density at radius 1 is 1.09 bits per heavy atom. The normalized spacial score (nSPS) is 14.0. The van der Waals surface area contributed by atoms with Crippen molar-refractivity contribution in [3.63, 3.8) is 0 Å². The molecule has 0 atom stereocenters. The van der Waals surface area contributed by atoms with Crippen LogP contribution in [0.4, 0.5) is 9.52 Å². The molecule has 1 saturated carbocycles. The third kappa shape index (κ3) is 3.16. The standard InChI is InChI=1S/C16H12FN3OS2/c17-11-5-3-9(4-6-11)12-7-8-13(22-12)14(21)18-16-20-19-15(23-16)10-1-2-10/h3-8,10H,1-2H2,(H,18,20,21). The van der Waals surface area contributed by atoms with Gasteiger partial charge < -0.3 is 0 Å². The molecule has 0 aliphatic heterocycles. The van der Waals surface area contributed by atoms with E-state index in [1.54, 1.807) is 18.2 Å². The number of benzene rings is 1. The lowest BCUT2D eigenvalue weighted by atomic mass is 10.2. The van der Waals surface area contributed by atoms with E-state index in [4.69, 9.17) is 0 Å². The molecule has 4 rings (SSSR count). The fourth-order valence-corrected chi connectivity index (χ4v) is 3.98. The van der Waals surface area contributed by atoms with Gasteiger partial charge in [-0.2, -0.15) is 0 Å². The van der Waals surface area contributed by atoms with Gasteiger partial charge >= 0.3 is 0 Å². The van der Waals surface area contributed by atoms with Crippen LogP contribution in [0.2, 0.25) is 0 Å². The largest absolute Gasteiger partial charge is 0.296 e. The molecule has 2 aromatic heterocycles. The molecule has 1 aliphatic rings. The van der Waals surface area contributed by atoms with Crippen molar-refractivity contribution < 1.29 is 9.18 Å². The first-order valence-corrected chi connectivity index (χ1v) is 8.83. The van der Waals surface area contributed by atoms with Crippen LogP contribution < -0.4 is 5.32 Å². The molecule has 1 N–H and O–H groups in total. The van der Waals surface area contributed by atoms with Crippen molar-refractivity contribution >= 4 is 33.7 Å². The Morgan fingerprint density at radius 3 is 2.61 bits per heavy atom. The maximum Gasteiger partial charge on any atom is 0.267 e. The van der Waals surface area contributed by atoms with Crippen molar-refractivity contribution in [2.75, 3.05) is 5.32 Å². The summed E-state index contributed by atoms with van der Waals surface area (Å²) >= 11 is 2.81. The molecule has 0 radical (unpaired) electrons. The quantitative estimate of drug-likeness (QED) is 0.755. The molecule has 0 unspecified atom stereocenters. The van der Waals surface area contributed by atoms with E-state index in [0.717, 1.165) is 28.3 Å². The van der Waals surface area contributed by atoms with E-state index < -0.39 is 0 Å². The lowest BCUT2D eigenvalue weighted by Gasteiger charge is -1.98. The van der Waals surface area contributed by atoms with Crippen molar-refractivity contribution in [3.8, 4) is 10.4 Å². The molecule has 1 aromatic carbocycles. The summed E-state index contributed by atoms with van der Waals surface area (Å²) in [6, 6.07) is 9.86. The minimum atomic E-state index is -0.272. The number of nitrogens with zero attached hydrogens (tertiary/aromatic N) is 2. The summed E-state index contributed by atoms with van der Waals surface area (Å²) in [5.74, 6) is 0.0674. The highest BCUT2D eigenvalue weighted by Gasteiger charge is 2.27. The van der Waals surface area contributed by atoms with Crippen LogP contribution in [0, 0.1) is 5.82 Å². The first-order valence-electron chi connectivity index (χ1n) is 7.19. The number of hydrogen-bond donors (Lipinski definition) is 1. The Morgan fingerprint density at radius 2 is 1.87 bits per heavy atom. The highest BCUT2D eigenvalue weighted by molar-refractivity contribution is 7.18. The first-order chi connectivity index (χ1) is 11.2. The highest BCUT2D eigenvalue weighted by Crippen LogP contribution is 2.42. The summed E-state index contributed by atoms with van der Waals surface area (Å²) in [7, 11) is 0. The zero-order valence-corrected chi connectivity index (χ0v) is 13.6. The minimum absolute atomic E-state index is 0.193. The molecule has 116 valence electrons. The van der Waals surface area contributed by atoms with Crippen molar-refractivity contribution in [1.29, 1.82) is 0 Å². The average molecular weight is 345 g/mol. The zero-order chi connectivity index (χ0) is 15.8. The van der Waals surface area contributed by atoms with Crippen LogP contribution in [0.5, 0.6) is 0 Å². The van der Waals surface area contributed by atoms with Gasteiger partial charge in [0.05, 0.1) is 4.88 Å². The van der Waals surface area contributed by atoms with Crippen LogP contribution in [-0.4, -0.2) is 16.1 Å². The van der Waals surface area contributed by atoms with Crippen molar-refractivity contribution in [2.24, 2.45) is 0 Å². The van der Waals surface area contributed by atoms with Gasteiger partial charge in [0.15, 0.2) is 0 Å². The monoisotopic (exact) mass is 345 g/mol. The zero-order valence-electron chi connectivity index (χ0n) is 12.0. The van der Waals surface area contributed by atoms with Crippen LogP contribution in [0.25, 0.3) is 10.4 Å². The molecule has 0 saturated heterocycles. The topological polar surface area (TPSA) is 54.9 Å². The van der Waals surface area contributed by atoms with E-state index in [1.807, 2.05) is 6.07 Å². The van der Waals surface area contributed by atoms with Gasteiger partial charge in [0, 0.05) is 10.8 Å². The Bertz CT molecular complexity index is 852. The fourth-order valence-electron chi connectivity index (χ4n) is 2.17. The molecule has 23 heavy (non-hydrogen) atoms. The lowest BCUT2D eigenvalue weighted by Crippen LogP contribution is -2.09. The summed E-state index contributed by atoms with van der Waals surface area (Å²) in [4.78, 5) is 13.8. The number of carbonyl (C=O) groups is 1. The lowest BCUT2D eigenvalue weighted by molar-refractivity contribution is 0.103. The number of amides is 1. The molecule has 1 aliphatic carbocycles. The second-order valence-corrected chi connectivity index (χ2v) is 7.44. The van der Waals surface area contributed by atoms with E-state index in [0.29, 0.717) is 15.9 Å². The number of aromatic nitrogens is 2. The molecule has 3 aromatic rings. The van der Waals surface area contributed by atoms with E-state index in [1.165, 1.54) is 34.8 Å². The number of anilines is 1. The van der Waals surface area contributed by atoms with Gasteiger partial charge in [0.25, 0.3) is 5.91 Å². The molecule has 2 heterocycles. The predicted octanol–water partition coefficient (Wildman–Crippen LogP) is 4.54. The van der Waals surface area contributed by atoms with Crippen molar-refractivity contribution in [3.05, 3.63) is 52.1 Å². The molecule has 4 nitrogen and oxygen atoms in total. The van der Waals surface area contributed by atoms with Crippen LogP contribution in [0.3, 0.4) is 0 Å². The number of rotatable bonds is 4. The van der Waals surface area contributed by atoms with Crippen LogP contribution in [0.15, 0.2) is 36.4 Å². The third-order valence-corrected chi connectivity index (χ3v) is 5.68. The smallest absolute Gasteiger partial charge is 0.267 e. The number of thiophene rings is 1. The maximum atomic E-state index is 13.0. The summed E-state index contributed by atoms with van der Waals surface area (Å²) in [6.45, 7) is 0. The molecule has 7 heteroatoms. The van der Waals surface area contributed by atoms with Gasteiger partial charge in [0.2, 0.25) is 5.13 Å². The first kappa shape index (κ1) is 14.5. The molecular formula is C16H12FN3OS2.